The molecule has 1 aromatic carbocycles. The van der Waals surface area contributed by atoms with Gasteiger partial charge in [0.2, 0.25) is 0 Å². The van der Waals surface area contributed by atoms with E-state index in [0.717, 1.165) is 24.4 Å². The molecule has 1 aliphatic rings. The second-order valence-corrected chi connectivity index (χ2v) is 4.37. The summed E-state index contributed by atoms with van der Waals surface area (Å²) in [6, 6.07) is 5.32. The van der Waals surface area contributed by atoms with Crippen molar-refractivity contribution in [2.24, 2.45) is 0 Å². The number of ether oxygens (including phenoxy) is 1. The summed E-state index contributed by atoms with van der Waals surface area (Å²) in [6.45, 7) is 1.43. The molecule has 1 fully saturated rings. The SMILES string of the molecule is CNc1cc(N(C)C2CCOC2)cc([N+](=O)[O-])c1. The Balaban J connectivity index is 2.30. The molecule has 0 aromatic heterocycles. The quantitative estimate of drug-likeness (QED) is 0.653. The molecule has 1 saturated heterocycles. The van der Waals surface area contributed by atoms with Crippen molar-refractivity contribution in [3.8, 4) is 0 Å². The highest BCUT2D eigenvalue weighted by Gasteiger charge is 2.22. The van der Waals surface area contributed by atoms with Gasteiger partial charge >= 0.3 is 0 Å². The number of nitro groups is 1. The van der Waals surface area contributed by atoms with Crippen molar-refractivity contribution in [2.75, 3.05) is 37.5 Å². The summed E-state index contributed by atoms with van der Waals surface area (Å²) in [5.74, 6) is 0. The minimum atomic E-state index is -0.372. The summed E-state index contributed by atoms with van der Waals surface area (Å²) < 4.78 is 5.34. The van der Waals surface area contributed by atoms with Gasteiger partial charge in [0.1, 0.15) is 0 Å². The van der Waals surface area contributed by atoms with Gasteiger partial charge in [0.05, 0.1) is 17.6 Å². The molecule has 18 heavy (non-hydrogen) atoms. The molecule has 1 atom stereocenters. The first-order valence-corrected chi connectivity index (χ1v) is 5.89. The summed E-state index contributed by atoms with van der Waals surface area (Å²) in [4.78, 5) is 12.6. The van der Waals surface area contributed by atoms with Gasteiger partial charge in [-0.3, -0.25) is 10.1 Å². The normalized spacial score (nSPS) is 18.7. The minimum absolute atomic E-state index is 0.0996. The number of nitro benzene ring substituents is 1. The predicted molar refractivity (Wildman–Crippen MR) is 70.3 cm³/mol. The first kappa shape index (κ1) is 12.6. The fourth-order valence-corrected chi connectivity index (χ4v) is 2.09. The molecule has 6 nitrogen and oxygen atoms in total. The topological polar surface area (TPSA) is 67.6 Å². The zero-order valence-corrected chi connectivity index (χ0v) is 10.5. The Bertz CT molecular complexity index is 444. The van der Waals surface area contributed by atoms with Crippen molar-refractivity contribution in [3.05, 3.63) is 28.3 Å². The van der Waals surface area contributed by atoms with E-state index in [0.29, 0.717) is 6.61 Å². The Morgan fingerprint density at radius 3 is 2.83 bits per heavy atom. The van der Waals surface area contributed by atoms with Crippen molar-refractivity contribution in [1.29, 1.82) is 0 Å². The molecule has 6 heteroatoms. The van der Waals surface area contributed by atoms with Crippen LogP contribution in [0.15, 0.2) is 18.2 Å². The van der Waals surface area contributed by atoms with E-state index >= 15 is 0 Å². The third kappa shape index (κ3) is 2.53. The molecule has 0 aliphatic carbocycles. The van der Waals surface area contributed by atoms with Gasteiger partial charge in [-0.05, 0) is 12.5 Å². The van der Waals surface area contributed by atoms with Crippen molar-refractivity contribution in [3.63, 3.8) is 0 Å². The van der Waals surface area contributed by atoms with Crippen molar-refractivity contribution >= 4 is 17.1 Å². The molecule has 1 aromatic rings. The summed E-state index contributed by atoms with van der Waals surface area (Å²) in [5, 5.41) is 13.8. The number of likely N-dealkylation sites (N-methyl/N-ethyl adjacent to an activating group) is 1. The largest absolute Gasteiger partial charge is 0.388 e. The van der Waals surface area contributed by atoms with Crippen molar-refractivity contribution in [1.82, 2.24) is 0 Å². The monoisotopic (exact) mass is 251 g/mol. The van der Waals surface area contributed by atoms with Gasteiger partial charge in [0.25, 0.3) is 5.69 Å². The van der Waals surface area contributed by atoms with Crippen LogP contribution in [0.1, 0.15) is 6.42 Å². The standard InChI is InChI=1S/C12H17N3O3/c1-13-9-5-11(7-12(6-9)15(16)17)14(2)10-3-4-18-8-10/h5-7,10,13H,3-4,8H2,1-2H3. The second kappa shape index (κ2) is 5.22. The van der Waals surface area contributed by atoms with Crippen LogP contribution < -0.4 is 10.2 Å². The lowest BCUT2D eigenvalue weighted by molar-refractivity contribution is -0.384. The zero-order valence-electron chi connectivity index (χ0n) is 10.5. The third-order valence-electron chi connectivity index (χ3n) is 3.26. The van der Waals surface area contributed by atoms with E-state index in [9.17, 15) is 10.1 Å². The number of non-ortho nitro benzene ring substituents is 1. The van der Waals surface area contributed by atoms with Crippen LogP contribution in [0.3, 0.4) is 0 Å². The Hall–Kier alpha value is -1.82. The fourth-order valence-electron chi connectivity index (χ4n) is 2.09. The molecule has 0 amide bonds. The number of benzene rings is 1. The summed E-state index contributed by atoms with van der Waals surface area (Å²) in [6.07, 6.45) is 0.952. The number of rotatable bonds is 4. The van der Waals surface area contributed by atoms with Crippen LogP contribution in [-0.2, 0) is 4.74 Å². The van der Waals surface area contributed by atoms with Gasteiger partial charge in [-0.1, -0.05) is 0 Å². The van der Waals surface area contributed by atoms with Crippen LogP contribution in [0, 0.1) is 10.1 Å². The first-order chi connectivity index (χ1) is 8.61. The number of nitrogens with zero attached hydrogens (tertiary/aromatic N) is 2. The van der Waals surface area contributed by atoms with Crippen LogP contribution in [0.4, 0.5) is 17.1 Å². The lowest BCUT2D eigenvalue weighted by Crippen LogP contribution is -2.31. The van der Waals surface area contributed by atoms with Crippen LogP contribution in [0.5, 0.6) is 0 Å². The van der Waals surface area contributed by atoms with Gasteiger partial charge in [-0.25, -0.2) is 0 Å². The number of anilines is 2. The lowest BCUT2D eigenvalue weighted by Gasteiger charge is -2.25. The van der Waals surface area contributed by atoms with Crippen LogP contribution >= 0.6 is 0 Å². The molecule has 0 bridgehead atoms. The molecular weight excluding hydrogens is 234 g/mol. The average molecular weight is 251 g/mol. The van der Waals surface area contributed by atoms with E-state index in [1.807, 2.05) is 18.0 Å². The average Bonchev–Trinajstić information content (AvgIpc) is 2.91. The molecule has 0 radical (unpaired) electrons. The number of hydrogen-bond donors (Lipinski definition) is 1. The van der Waals surface area contributed by atoms with E-state index in [4.69, 9.17) is 4.74 Å². The summed E-state index contributed by atoms with van der Waals surface area (Å²) in [7, 11) is 3.69. The minimum Gasteiger partial charge on any atom is -0.388 e. The highest BCUT2D eigenvalue weighted by Crippen LogP contribution is 2.28. The number of nitrogens with one attached hydrogen (secondary N) is 1. The van der Waals surface area contributed by atoms with Gasteiger partial charge < -0.3 is 15.0 Å². The molecule has 1 unspecified atom stereocenters. The molecular formula is C12H17N3O3. The summed E-state index contributed by atoms with van der Waals surface area (Å²) in [5.41, 5.74) is 1.68. The number of hydrogen-bond acceptors (Lipinski definition) is 5. The van der Waals surface area contributed by atoms with E-state index < -0.39 is 0 Å². The fraction of sp³-hybridized carbons (Fsp3) is 0.500. The Morgan fingerprint density at radius 1 is 1.50 bits per heavy atom. The van der Waals surface area contributed by atoms with Gasteiger partial charge in [0.15, 0.2) is 0 Å². The van der Waals surface area contributed by atoms with Crippen LogP contribution in [0.25, 0.3) is 0 Å². The highest BCUT2D eigenvalue weighted by molar-refractivity contribution is 5.64. The molecule has 98 valence electrons. The third-order valence-corrected chi connectivity index (χ3v) is 3.26. The molecule has 0 spiro atoms. The van der Waals surface area contributed by atoms with Gasteiger partial charge in [-0.2, -0.15) is 0 Å². The van der Waals surface area contributed by atoms with Crippen LogP contribution in [0.2, 0.25) is 0 Å². The van der Waals surface area contributed by atoms with Gasteiger partial charge in [-0.15, -0.1) is 0 Å². The van der Waals surface area contributed by atoms with E-state index in [-0.39, 0.29) is 16.7 Å². The van der Waals surface area contributed by atoms with Crippen molar-refractivity contribution < 1.29 is 9.66 Å². The van der Waals surface area contributed by atoms with E-state index in [1.54, 1.807) is 13.1 Å². The molecule has 1 N–H and O–H groups in total. The zero-order chi connectivity index (χ0) is 13.1. The Morgan fingerprint density at radius 2 is 2.28 bits per heavy atom. The molecule has 1 aliphatic heterocycles. The van der Waals surface area contributed by atoms with Gasteiger partial charge in [0, 0.05) is 44.2 Å². The predicted octanol–water partition coefficient (Wildman–Crippen LogP) is 1.86. The van der Waals surface area contributed by atoms with E-state index in [1.165, 1.54) is 6.07 Å². The van der Waals surface area contributed by atoms with Crippen molar-refractivity contribution in [2.45, 2.75) is 12.5 Å². The Kier molecular flexibility index (Phi) is 3.66. The van der Waals surface area contributed by atoms with E-state index in [2.05, 4.69) is 5.32 Å². The Labute approximate surface area is 106 Å². The smallest absolute Gasteiger partial charge is 0.273 e. The van der Waals surface area contributed by atoms with Crippen LogP contribution in [-0.4, -0.2) is 38.3 Å². The maximum Gasteiger partial charge on any atom is 0.273 e. The summed E-state index contributed by atoms with van der Waals surface area (Å²) >= 11 is 0. The lowest BCUT2D eigenvalue weighted by atomic mass is 10.1. The molecule has 2 rings (SSSR count). The second-order valence-electron chi connectivity index (χ2n) is 4.37. The molecule has 1 heterocycles. The maximum absolute atomic E-state index is 10.9. The first-order valence-electron chi connectivity index (χ1n) is 5.89. The highest BCUT2D eigenvalue weighted by atomic mass is 16.6. The molecule has 0 saturated carbocycles. The maximum atomic E-state index is 10.9.